The van der Waals surface area contributed by atoms with Crippen molar-refractivity contribution in [1.29, 1.82) is 0 Å². The Bertz CT molecular complexity index is 696. The molecule has 0 unspecified atom stereocenters. The largest absolute Gasteiger partial charge is 0.357 e. The Balaban J connectivity index is 0.00000161. The molecule has 2 aliphatic rings. The van der Waals surface area contributed by atoms with Crippen molar-refractivity contribution in [1.82, 2.24) is 4.90 Å². The van der Waals surface area contributed by atoms with Crippen molar-refractivity contribution in [2.24, 2.45) is 4.99 Å². The van der Waals surface area contributed by atoms with Gasteiger partial charge in [0.05, 0.1) is 5.69 Å². The van der Waals surface area contributed by atoms with Crippen molar-refractivity contribution in [2.45, 2.75) is 6.92 Å². The van der Waals surface area contributed by atoms with Crippen LogP contribution in [0.1, 0.15) is 12.5 Å². The number of aliphatic imine (C=N–C) groups is 1. The summed E-state index contributed by atoms with van der Waals surface area (Å²) >= 11 is 0. The van der Waals surface area contributed by atoms with E-state index in [0.717, 1.165) is 28.1 Å². The molecule has 0 spiro atoms. The van der Waals surface area contributed by atoms with E-state index < -0.39 is 0 Å². The first-order valence-electron chi connectivity index (χ1n) is 6.49. The first-order chi connectivity index (χ1) is 9.63. The second kappa shape index (κ2) is 6.39. The molecule has 0 aliphatic carbocycles. The second-order valence-electron chi connectivity index (χ2n) is 4.90. The molecule has 3 rings (SSSR count). The maximum atomic E-state index is 13.4. The van der Waals surface area contributed by atoms with Crippen LogP contribution in [0.2, 0.25) is 0 Å². The van der Waals surface area contributed by atoms with Crippen molar-refractivity contribution >= 4 is 40.9 Å². The average Bonchev–Trinajstić information content (AvgIpc) is 2.73. The molecule has 0 bridgehead atoms. The van der Waals surface area contributed by atoms with Crippen LogP contribution in [0.5, 0.6) is 0 Å². The van der Waals surface area contributed by atoms with Crippen LogP contribution in [0, 0.1) is 5.82 Å². The van der Waals surface area contributed by atoms with Gasteiger partial charge in [-0.1, -0.05) is 12.2 Å². The van der Waals surface area contributed by atoms with Crippen LogP contribution in [-0.2, 0) is 0 Å². The first-order valence-corrected chi connectivity index (χ1v) is 6.49. The predicted molar refractivity (Wildman–Crippen MR) is 96.7 cm³/mol. The van der Waals surface area contributed by atoms with Gasteiger partial charge in [0.15, 0.2) is 0 Å². The van der Waals surface area contributed by atoms with E-state index in [1.54, 1.807) is 12.1 Å². The quantitative estimate of drug-likeness (QED) is 0.623. The van der Waals surface area contributed by atoms with Crippen LogP contribution in [-0.4, -0.2) is 17.7 Å². The Morgan fingerprint density at radius 1 is 1.14 bits per heavy atom. The van der Waals surface area contributed by atoms with Crippen LogP contribution in [0.4, 0.5) is 10.1 Å². The van der Waals surface area contributed by atoms with Crippen molar-refractivity contribution in [3.05, 3.63) is 71.9 Å². The monoisotopic (exact) mass is 394 g/mol. The summed E-state index contributed by atoms with van der Waals surface area (Å²) in [6, 6.07) is 4.71. The summed E-state index contributed by atoms with van der Waals surface area (Å²) in [6.07, 6.45) is 12.1. The highest BCUT2D eigenvalue weighted by Crippen LogP contribution is 2.35. The molecule has 108 valence electrons. The number of hydrogen-bond donors (Lipinski definition) is 0. The third kappa shape index (κ3) is 3.32. The lowest BCUT2D eigenvalue weighted by Gasteiger charge is -2.11. The van der Waals surface area contributed by atoms with E-state index in [-0.39, 0.29) is 29.8 Å². The highest BCUT2D eigenvalue weighted by atomic mass is 127. The highest BCUT2D eigenvalue weighted by Gasteiger charge is 2.17. The molecule has 2 heterocycles. The molecule has 4 heteroatoms. The zero-order valence-electron chi connectivity index (χ0n) is 11.9. The lowest BCUT2D eigenvalue weighted by molar-refractivity contribution is 0.620. The minimum Gasteiger partial charge on any atom is -0.357 e. The van der Waals surface area contributed by atoms with Gasteiger partial charge >= 0.3 is 0 Å². The maximum Gasteiger partial charge on any atom is 0.123 e. The van der Waals surface area contributed by atoms with E-state index in [1.807, 2.05) is 55.6 Å². The molecule has 0 saturated carbocycles. The van der Waals surface area contributed by atoms with E-state index in [0.29, 0.717) is 0 Å². The molecular weight excluding hydrogens is 378 g/mol. The summed E-state index contributed by atoms with van der Waals surface area (Å²) in [6.45, 7) is 1.95. The van der Waals surface area contributed by atoms with Crippen LogP contribution in [0.25, 0.3) is 5.57 Å². The van der Waals surface area contributed by atoms with Gasteiger partial charge in [0.25, 0.3) is 0 Å². The first kappa shape index (κ1) is 15.7. The Labute approximate surface area is 141 Å². The van der Waals surface area contributed by atoms with E-state index >= 15 is 0 Å². The summed E-state index contributed by atoms with van der Waals surface area (Å²) in [5.74, 6) is -0.230. The van der Waals surface area contributed by atoms with Crippen LogP contribution >= 0.6 is 24.0 Å². The minimum atomic E-state index is -0.230. The second-order valence-corrected chi connectivity index (χ2v) is 4.90. The number of hydrogen-bond acceptors (Lipinski definition) is 2. The Hall–Kier alpha value is -1.69. The van der Waals surface area contributed by atoms with Crippen molar-refractivity contribution in [3.8, 4) is 0 Å². The Kier molecular flexibility index (Phi) is 4.77. The molecule has 0 N–H and O–H groups in total. The molecule has 0 amide bonds. The van der Waals surface area contributed by atoms with Gasteiger partial charge in [-0.2, -0.15) is 0 Å². The van der Waals surface area contributed by atoms with Crippen molar-refractivity contribution < 1.29 is 4.39 Å². The molecule has 21 heavy (non-hydrogen) atoms. The van der Waals surface area contributed by atoms with Gasteiger partial charge in [-0.3, -0.25) is 4.99 Å². The molecule has 0 atom stereocenters. The highest BCUT2D eigenvalue weighted by molar-refractivity contribution is 14.0. The summed E-state index contributed by atoms with van der Waals surface area (Å²) in [7, 11) is 1.98. The standard InChI is InChI=1S/C17H15FN2.HI/c1-12-15(5-3-13-7-9-20(2)10-8-13)16-11-14(18)4-6-17(16)19-12;/h3-11H,1-2H3;1H. The lowest BCUT2D eigenvalue weighted by atomic mass is 10.0. The molecule has 0 saturated heterocycles. The molecule has 1 aromatic carbocycles. The summed E-state index contributed by atoms with van der Waals surface area (Å²) < 4.78 is 13.4. The van der Waals surface area contributed by atoms with E-state index in [1.165, 1.54) is 6.07 Å². The number of allylic oxidation sites excluding steroid dienone is 6. The zero-order valence-corrected chi connectivity index (χ0v) is 14.2. The third-order valence-electron chi connectivity index (χ3n) is 3.37. The smallest absolute Gasteiger partial charge is 0.123 e. The van der Waals surface area contributed by atoms with Crippen LogP contribution in [0.3, 0.4) is 0 Å². The van der Waals surface area contributed by atoms with Gasteiger partial charge in [0.2, 0.25) is 0 Å². The van der Waals surface area contributed by atoms with Gasteiger partial charge in [-0.15, -0.1) is 24.0 Å². The van der Waals surface area contributed by atoms with Gasteiger partial charge in [-0.25, -0.2) is 4.39 Å². The fraction of sp³-hybridized carbons (Fsp3) is 0.118. The molecule has 2 nitrogen and oxygen atoms in total. The fourth-order valence-electron chi connectivity index (χ4n) is 2.27. The van der Waals surface area contributed by atoms with E-state index in [4.69, 9.17) is 0 Å². The van der Waals surface area contributed by atoms with Crippen molar-refractivity contribution in [3.63, 3.8) is 0 Å². The molecule has 2 aliphatic heterocycles. The Morgan fingerprint density at radius 3 is 2.57 bits per heavy atom. The van der Waals surface area contributed by atoms with Crippen LogP contribution in [0.15, 0.2) is 65.5 Å². The number of benzene rings is 1. The number of rotatable bonds is 1. The van der Waals surface area contributed by atoms with Gasteiger partial charge in [-0.05, 0) is 42.8 Å². The van der Waals surface area contributed by atoms with E-state index in [2.05, 4.69) is 4.99 Å². The normalized spacial score (nSPS) is 17.7. The van der Waals surface area contributed by atoms with Gasteiger partial charge in [0, 0.05) is 36.3 Å². The average molecular weight is 394 g/mol. The molecule has 0 fully saturated rings. The third-order valence-corrected chi connectivity index (χ3v) is 3.37. The fourth-order valence-corrected chi connectivity index (χ4v) is 2.27. The maximum absolute atomic E-state index is 13.4. The summed E-state index contributed by atoms with van der Waals surface area (Å²) in [5, 5.41) is 0. The zero-order chi connectivity index (χ0) is 14.1. The molecule has 0 radical (unpaired) electrons. The number of nitrogens with zero attached hydrogens (tertiary/aromatic N) is 2. The van der Waals surface area contributed by atoms with Crippen molar-refractivity contribution in [2.75, 3.05) is 7.05 Å². The van der Waals surface area contributed by atoms with E-state index in [9.17, 15) is 4.39 Å². The number of fused-ring (bicyclic) bond motifs is 1. The predicted octanol–water partition coefficient (Wildman–Crippen LogP) is 4.83. The SMILES string of the molecule is CC1=Nc2ccc(F)cc2C1=CC=C1C=CN(C)C=C1.I. The lowest BCUT2D eigenvalue weighted by Crippen LogP contribution is -2.02. The number of halogens is 2. The molecule has 0 aromatic heterocycles. The molecular formula is C17H16FIN2. The topological polar surface area (TPSA) is 15.6 Å². The summed E-state index contributed by atoms with van der Waals surface area (Å²) in [4.78, 5) is 6.44. The van der Waals surface area contributed by atoms with Crippen LogP contribution < -0.4 is 0 Å². The van der Waals surface area contributed by atoms with Gasteiger partial charge in [0.1, 0.15) is 5.82 Å². The summed E-state index contributed by atoms with van der Waals surface area (Å²) in [5.41, 5.74) is 4.70. The molecule has 1 aromatic rings. The Morgan fingerprint density at radius 2 is 1.86 bits per heavy atom. The minimum absolute atomic E-state index is 0. The van der Waals surface area contributed by atoms with Gasteiger partial charge < -0.3 is 4.90 Å².